The lowest BCUT2D eigenvalue weighted by Crippen LogP contribution is -2.33. The van der Waals surface area contributed by atoms with Gasteiger partial charge < -0.3 is 24.8 Å². The van der Waals surface area contributed by atoms with Gasteiger partial charge in [0.05, 0.1) is 37.4 Å². The van der Waals surface area contributed by atoms with Crippen LogP contribution < -0.4 is 20.1 Å². The van der Waals surface area contributed by atoms with Gasteiger partial charge in [-0.25, -0.2) is 14.8 Å². The van der Waals surface area contributed by atoms with Crippen LogP contribution in [0.2, 0.25) is 5.02 Å². The Morgan fingerprint density at radius 1 is 1.17 bits per heavy atom. The maximum Gasteiger partial charge on any atom is 0.407 e. The predicted octanol–water partition coefficient (Wildman–Crippen LogP) is 4.44. The first kappa shape index (κ1) is 25.6. The lowest BCUT2D eigenvalue weighted by Gasteiger charge is -2.19. The first-order valence-electron chi connectivity index (χ1n) is 10.7. The van der Waals surface area contributed by atoms with E-state index < -0.39 is 11.7 Å². The first-order valence-corrected chi connectivity index (χ1v) is 11.1. The molecule has 0 aliphatic rings. The van der Waals surface area contributed by atoms with Gasteiger partial charge in [-0.15, -0.1) is 0 Å². The van der Waals surface area contributed by atoms with E-state index in [9.17, 15) is 4.79 Å². The van der Waals surface area contributed by atoms with Crippen molar-refractivity contribution in [3.8, 4) is 28.8 Å². The van der Waals surface area contributed by atoms with E-state index in [1.54, 1.807) is 39.0 Å². The minimum absolute atomic E-state index is 0.215. The molecule has 0 saturated carbocycles. The van der Waals surface area contributed by atoms with Crippen molar-refractivity contribution in [2.24, 2.45) is 0 Å². The zero-order valence-electron chi connectivity index (χ0n) is 19.8. The number of nitriles is 1. The number of ether oxygens (including phenoxy) is 3. The van der Waals surface area contributed by atoms with Gasteiger partial charge in [0.2, 0.25) is 0 Å². The smallest absolute Gasteiger partial charge is 0.407 e. The number of nitrogens with one attached hydrogen (secondary N) is 3. The summed E-state index contributed by atoms with van der Waals surface area (Å²) >= 11 is 6.26. The molecule has 35 heavy (non-hydrogen) atoms. The third-order valence-corrected chi connectivity index (χ3v) is 4.59. The third-order valence-electron chi connectivity index (χ3n) is 4.37. The van der Waals surface area contributed by atoms with Crippen LogP contribution in [0.25, 0.3) is 11.3 Å². The highest BCUT2D eigenvalue weighted by atomic mass is 35.5. The van der Waals surface area contributed by atoms with Crippen LogP contribution in [0.3, 0.4) is 0 Å². The number of rotatable bonds is 9. The highest BCUT2D eigenvalue weighted by molar-refractivity contribution is 6.31. The molecule has 0 aliphatic heterocycles. The fourth-order valence-electron chi connectivity index (χ4n) is 2.95. The monoisotopic (exact) mass is 499 g/mol. The molecule has 3 aromatic rings. The summed E-state index contributed by atoms with van der Waals surface area (Å²) in [6, 6.07) is 7.03. The molecule has 0 saturated heterocycles. The van der Waals surface area contributed by atoms with Gasteiger partial charge >= 0.3 is 6.09 Å². The van der Waals surface area contributed by atoms with Gasteiger partial charge in [0.25, 0.3) is 0 Å². The van der Waals surface area contributed by atoms with Crippen LogP contribution in [0.15, 0.2) is 30.6 Å². The Labute approximate surface area is 207 Å². The maximum atomic E-state index is 11.8. The Balaban J connectivity index is 1.69. The molecule has 0 spiro atoms. The minimum Gasteiger partial charge on any atom is -0.496 e. The minimum atomic E-state index is -0.558. The molecule has 12 heteroatoms. The summed E-state index contributed by atoms with van der Waals surface area (Å²) < 4.78 is 16.7. The van der Waals surface area contributed by atoms with Crippen molar-refractivity contribution < 1.29 is 19.0 Å². The van der Waals surface area contributed by atoms with Crippen molar-refractivity contribution in [3.63, 3.8) is 0 Å². The standard InChI is InChI=1S/C23H26ClN7O4/c1-23(2,3)35-22(32)26-6-5-7-34-18-9-14(24)8-17(33-4)21(18)16-10-19(31-30-16)29-20-13-27-15(11-25)12-28-20/h8-10,12-13H,5-7H2,1-4H3,(H,26,32)(H2,28,29,30,31). The fraction of sp³-hybridized carbons (Fsp3) is 0.348. The first-order chi connectivity index (χ1) is 16.7. The Morgan fingerprint density at radius 2 is 1.94 bits per heavy atom. The maximum absolute atomic E-state index is 11.8. The van der Waals surface area contributed by atoms with Crippen molar-refractivity contribution in [1.29, 1.82) is 5.26 Å². The van der Waals surface area contributed by atoms with Gasteiger partial charge in [0.15, 0.2) is 11.5 Å². The van der Waals surface area contributed by atoms with Crippen LogP contribution in [-0.2, 0) is 4.74 Å². The second-order valence-electron chi connectivity index (χ2n) is 8.30. The molecule has 3 N–H and O–H groups in total. The second kappa shape index (κ2) is 11.4. The van der Waals surface area contributed by atoms with Crippen molar-refractivity contribution >= 4 is 29.3 Å². The summed E-state index contributed by atoms with van der Waals surface area (Å²) in [6.45, 7) is 6.10. The quantitative estimate of drug-likeness (QED) is 0.363. The summed E-state index contributed by atoms with van der Waals surface area (Å²) in [7, 11) is 1.53. The number of H-pyrrole nitrogens is 1. The number of anilines is 2. The van der Waals surface area contributed by atoms with Gasteiger partial charge in [0.1, 0.15) is 29.0 Å². The van der Waals surface area contributed by atoms with E-state index >= 15 is 0 Å². The average molecular weight is 500 g/mol. The van der Waals surface area contributed by atoms with Crippen LogP contribution in [0.1, 0.15) is 32.9 Å². The number of carbonyl (C=O) groups excluding carboxylic acids is 1. The van der Waals surface area contributed by atoms with Gasteiger partial charge in [-0.2, -0.15) is 10.4 Å². The van der Waals surface area contributed by atoms with E-state index in [-0.39, 0.29) is 5.69 Å². The Hall–Kier alpha value is -4.04. The molecule has 0 aliphatic carbocycles. The van der Waals surface area contributed by atoms with E-state index in [0.717, 1.165) is 0 Å². The molecule has 0 unspecified atom stereocenters. The third kappa shape index (κ3) is 7.48. The van der Waals surface area contributed by atoms with Crippen molar-refractivity contribution in [2.45, 2.75) is 32.8 Å². The summed E-state index contributed by atoms with van der Waals surface area (Å²) in [4.78, 5) is 19.9. The van der Waals surface area contributed by atoms with E-state index in [2.05, 4.69) is 30.8 Å². The van der Waals surface area contributed by atoms with E-state index in [1.165, 1.54) is 19.5 Å². The van der Waals surface area contributed by atoms with Gasteiger partial charge in [0, 0.05) is 17.6 Å². The number of benzene rings is 1. The van der Waals surface area contributed by atoms with Crippen LogP contribution in [0.4, 0.5) is 16.4 Å². The number of alkyl carbamates (subject to hydrolysis) is 1. The molecule has 2 heterocycles. The van der Waals surface area contributed by atoms with E-state index in [1.807, 2.05) is 6.07 Å². The Kier molecular flexibility index (Phi) is 8.33. The molecule has 0 fully saturated rings. The zero-order valence-corrected chi connectivity index (χ0v) is 20.6. The van der Waals surface area contributed by atoms with Crippen LogP contribution in [-0.4, -0.2) is 52.1 Å². The number of aromatic amines is 1. The number of halogens is 1. The number of nitrogens with zero attached hydrogens (tertiary/aromatic N) is 4. The topological polar surface area (TPSA) is 147 Å². The largest absolute Gasteiger partial charge is 0.496 e. The summed E-state index contributed by atoms with van der Waals surface area (Å²) in [5.41, 5.74) is 0.900. The molecule has 1 aromatic carbocycles. The average Bonchev–Trinajstić information content (AvgIpc) is 3.25. The second-order valence-corrected chi connectivity index (χ2v) is 8.74. The molecule has 3 rings (SSSR count). The molecule has 184 valence electrons. The zero-order chi connectivity index (χ0) is 25.4. The molecule has 1 amide bonds. The Morgan fingerprint density at radius 3 is 2.60 bits per heavy atom. The Bertz CT molecular complexity index is 1200. The molecule has 11 nitrogen and oxygen atoms in total. The summed E-state index contributed by atoms with van der Waals surface area (Å²) in [6.07, 6.45) is 2.87. The lowest BCUT2D eigenvalue weighted by molar-refractivity contribution is 0.0525. The fourth-order valence-corrected chi connectivity index (χ4v) is 3.15. The van der Waals surface area contributed by atoms with Crippen LogP contribution in [0, 0.1) is 11.3 Å². The number of aromatic nitrogens is 4. The highest BCUT2D eigenvalue weighted by Gasteiger charge is 2.18. The van der Waals surface area contributed by atoms with E-state index in [4.69, 9.17) is 31.1 Å². The molecule has 0 bridgehead atoms. The highest BCUT2D eigenvalue weighted by Crippen LogP contribution is 2.41. The molecule has 2 aromatic heterocycles. The normalized spacial score (nSPS) is 10.9. The predicted molar refractivity (Wildman–Crippen MR) is 130 cm³/mol. The molecule has 0 atom stereocenters. The molecular weight excluding hydrogens is 474 g/mol. The van der Waals surface area contributed by atoms with Gasteiger partial charge in [-0.3, -0.25) is 5.10 Å². The molecular formula is C23H26ClN7O4. The van der Waals surface area contributed by atoms with E-state index in [0.29, 0.717) is 59.0 Å². The summed E-state index contributed by atoms with van der Waals surface area (Å²) in [5, 5.41) is 22.2. The lowest BCUT2D eigenvalue weighted by atomic mass is 10.1. The number of methoxy groups -OCH3 is 1. The number of amides is 1. The van der Waals surface area contributed by atoms with Crippen molar-refractivity contribution in [2.75, 3.05) is 25.6 Å². The number of hydrogen-bond acceptors (Lipinski definition) is 9. The van der Waals surface area contributed by atoms with Gasteiger partial charge in [-0.05, 0) is 39.3 Å². The van der Waals surface area contributed by atoms with Gasteiger partial charge in [-0.1, -0.05) is 11.6 Å². The number of carbonyl (C=O) groups is 1. The SMILES string of the molecule is COc1cc(Cl)cc(OCCCNC(=O)OC(C)(C)C)c1-c1cc(Nc2cnc(C#N)cn2)n[nH]1. The van der Waals surface area contributed by atoms with Crippen molar-refractivity contribution in [1.82, 2.24) is 25.5 Å². The van der Waals surface area contributed by atoms with Crippen LogP contribution in [0.5, 0.6) is 11.5 Å². The molecule has 0 radical (unpaired) electrons. The number of hydrogen-bond donors (Lipinski definition) is 3. The summed E-state index contributed by atoms with van der Waals surface area (Å²) in [5.74, 6) is 1.88. The van der Waals surface area contributed by atoms with Crippen LogP contribution >= 0.6 is 11.6 Å². The van der Waals surface area contributed by atoms with Crippen molar-refractivity contribution in [3.05, 3.63) is 41.3 Å².